The van der Waals surface area contributed by atoms with Crippen molar-refractivity contribution < 1.29 is 16.8 Å². The van der Waals surface area contributed by atoms with Crippen LogP contribution in [0.5, 0.6) is 0 Å². The molecule has 1 rings (SSSR count). The summed E-state index contributed by atoms with van der Waals surface area (Å²) in [5, 5.41) is 0. The van der Waals surface area contributed by atoms with Crippen molar-refractivity contribution >= 4 is 64.9 Å². The molecule has 0 aromatic heterocycles. The summed E-state index contributed by atoms with van der Waals surface area (Å²) in [6, 6.07) is 6.56. The smallest absolute Gasteiger partial charge is 0.226 e. The fourth-order valence-electron chi connectivity index (χ4n) is 1.38. The lowest BCUT2D eigenvalue weighted by Crippen LogP contribution is -2.37. The molecule has 96 valence electrons. The minimum absolute atomic E-state index is 0.284. The maximum absolute atomic E-state index is 11.9. The normalized spacial score (nSPS) is 13.6. The van der Waals surface area contributed by atoms with Gasteiger partial charge in [-0.05, 0) is 51.2 Å². The Morgan fingerprint density at radius 2 is 1.41 bits per heavy atom. The van der Waals surface area contributed by atoms with Gasteiger partial charge in [0.1, 0.15) is 0 Å². The highest BCUT2D eigenvalue weighted by atomic mass is 127. The molecule has 0 aliphatic carbocycles. The van der Waals surface area contributed by atoms with Gasteiger partial charge in [0, 0.05) is 21.6 Å². The van der Waals surface area contributed by atoms with E-state index in [0.717, 1.165) is 12.5 Å². The van der Waals surface area contributed by atoms with Crippen molar-refractivity contribution in [2.24, 2.45) is 0 Å². The third-order valence-corrected chi connectivity index (χ3v) is 12.6. The van der Waals surface area contributed by atoms with Crippen molar-refractivity contribution in [1.29, 1.82) is 0 Å². The Morgan fingerprint density at radius 1 is 1.00 bits per heavy atom. The van der Waals surface area contributed by atoms with E-state index in [9.17, 15) is 16.8 Å². The van der Waals surface area contributed by atoms with Gasteiger partial charge in [0.15, 0.2) is 19.7 Å². The minimum atomic E-state index is -3.80. The molecule has 0 fully saturated rings. The molecule has 0 aliphatic rings. The zero-order valence-electron chi connectivity index (χ0n) is 9.01. The van der Waals surface area contributed by atoms with Crippen LogP contribution in [0.2, 0.25) is 0 Å². The summed E-state index contributed by atoms with van der Waals surface area (Å²) in [4.78, 5) is 0. The van der Waals surface area contributed by atoms with Crippen LogP contribution in [0.15, 0.2) is 24.3 Å². The molecule has 0 heterocycles. The van der Waals surface area contributed by atoms with Crippen molar-refractivity contribution in [2.75, 3.05) is 12.5 Å². The average molecular weight is 500 g/mol. The highest BCUT2D eigenvalue weighted by Gasteiger charge is 2.50. The van der Waals surface area contributed by atoms with E-state index in [-0.39, 0.29) is 5.56 Å². The topological polar surface area (TPSA) is 68.3 Å². The van der Waals surface area contributed by atoms with Gasteiger partial charge in [0.2, 0.25) is 2.09 Å². The Kier molecular flexibility index (Phi) is 4.53. The molecular weight excluding hydrogens is 490 g/mol. The van der Waals surface area contributed by atoms with Crippen LogP contribution in [0.1, 0.15) is 5.56 Å². The number of sulfone groups is 2. The number of hydrogen-bond donors (Lipinski definition) is 0. The first-order valence-corrected chi connectivity index (χ1v) is 10.3. The standard InChI is InChI=1S/C9H10I2O4S2/c1-16(12,13)9(11,17(2,14)15)7-5-3-4-6-8(7)10/h3-6H,1-2H3. The largest absolute Gasteiger partial charge is 0.248 e. The molecule has 0 atom stereocenters. The molecule has 0 N–H and O–H groups in total. The van der Waals surface area contributed by atoms with Gasteiger partial charge in [-0.3, -0.25) is 0 Å². The summed E-state index contributed by atoms with van der Waals surface area (Å²) in [6.07, 6.45) is 1.87. The van der Waals surface area contributed by atoms with Gasteiger partial charge in [-0.25, -0.2) is 16.8 Å². The molecule has 17 heavy (non-hydrogen) atoms. The number of rotatable bonds is 3. The second kappa shape index (κ2) is 4.93. The van der Waals surface area contributed by atoms with Crippen molar-refractivity contribution in [3.63, 3.8) is 0 Å². The predicted octanol–water partition coefficient (Wildman–Crippen LogP) is 1.93. The molecule has 1 aromatic carbocycles. The van der Waals surface area contributed by atoms with Crippen LogP contribution < -0.4 is 0 Å². The molecule has 0 unspecified atom stereocenters. The van der Waals surface area contributed by atoms with Crippen LogP contribution in [0.4, 0.5) is 0 Å². The summed E-state index contributed by atoms with van der Waals surface area (Å²) in [7, 11) is -7.61. The van der Waals surface area contributed by atoms with Gasteiger partial charge in [0.25, 0.3) is 0 Å². The lowest BCUT2D eigenvalue weighted by molar-refractivity contribution is 0.580. The van der Waals surface area contributed by atoms with Crippen LogP contribution in [-0.2, 0) is 21.8 Å². The quantitative estimate of drug-likeness (QED) is 0.470. The zero-order valence-corrected chi connectivity index (χ0v) is 15.0. The van der Waals surface area contributed by atoms with E-state index in [1.807, 2.05) is 22.6 Å². The summed E-state index contributed by atoms with van der Waals surface area (Å²) >= 11 is 3.43. The fraction of sp³-hybridized carbons (Fsp3) is 0.333. The molecule has 1 aromatic rings. The van der Waals surface area contributed by atoms with Gasteiger partial charge in [-0.2, -0.15) is 0 Å². The van der Waals surface area contributed by atoms with Crippen molar-refractivity contribution in [3.8, 4) is 0 Å². The maximum Gasteiger partial charge on any atom is 0.248 e. The SMILES string of the molecule is CS(=O)(=O)C(I)(c1ccccc1I)S(C)(=O)=O. The first-order chi connectivity index (χ1) is 7.52. The third-order valence-electron chi connectivity index (χ3n) is 2.15. The van der Waals surface area contributed by atoms with E-state index in [1.54, 1.807) is 18.2 Å². The summed E-state index contributed by atoms with van der Waals surface area (Å²) in [5.74, 6) is 0. The summed E-state index contributed by atoms with van der Waals surface area (Å²) in [5.41, 5.74) is 0.284. The Morgan fingerprint density at radius 3 is 1.76 bits per heavy atom. The second-order valence-electron chi connectivity index (χ2n) is 3.56. The Hall–Kier alpha value is 0.580. The zero-order chi connectivity index (χ0) is 13.5. The predicted molar refractivity (Wildman–Crippen MR) is 84.5 cm³/mol. The van der Waals surface area contributed by atoms with Crippen molar-refractivity contribution in [2.45, 2.75) is 2.09 Å². The second-order valence-corrected chi connectivity index (χ2v) is 12.4. The van der Waals surface area contributed by atoms with E-state index < -0.39 is 21.8 Å². The lowest BCUT2D eigenvalue weighted by Gasteiger charge is -2.25. The van der Waals surface area contributed by atoms with Gasteiger partial charge >= 0.3 is 0 Å². The van der Waals surface area contributed by atoms with Gasteiger partial charge in [-0.1, -0.05) is 18.2 Å². The highest BCUT2D eigenvalue weighted by Crippen LogP contribution is 2.43. The van der Waals surface area contributed by atoms with E-state index in [4.69, 9.17) is 0 Å². The monoisotopic (exact) mass is 500 g/mol. The number of alkyl halides is 1. The first-order valence-electron chi connectivity index (χ1n) is 4.35. The maximum atomic E-state index is 11.9. The van der Waals surface area contributed by atoms with Gasteiger partial charge in [0.05, 0.1) is 0 Å². The van der Waals surface area contributed by atoms with Crippen LogP contribution in [0, 0.1) is 3.57 Å². The fourth-order valence-corrected chi connectivity index (χ4v) is 6.88. The summed E-state index contributed by atoms with van der Waals surface area (Å²) in [6.45, 7) is 0. The average Bonchev–Trinajstić information content (AvgIpc) is 2.13. The lowest BCUT2D eigenvalue weighted by atomic mass is 10.2. The molecule has 0 saturated carbocycles. The van der Waals surface area contributed by atoms with Crippen LogP contribution in [0.25, 0.3) is 0 Å². The highest BCUT2D eigenvalue weighted by molar-refractivity contribution is 14.1. The third kappa shape index (κ3) is 2.78. The molecule has 0 spiro atoms. The van der Waals surface area contributed by atoms with Crippen LogP contribution >= 0.6 is 45.2 Å². The molecule has 0 bridgehead atoms. The van der Waals surface area contributed by atoms with E-state index in [0.29, 0.717) is 3.57 Å². The molecule has 0 amide bonds. The van der Waals surface area contributed by atoms with Gasteiger partial charge < -0.3 is 0 Å². The molecule has 8 heteroatoms. The van der Waals surface area contributed by atoms with Gasteiger partial charge in [-0.15, -0.1) is 0 Å². The Balaban J connectivity index is 3.78. The number of hydrogen-bond acceptors (Lipinski definition) is 4. The van der Waals surface area contributed by atoms with E-state index in [1.165, 1.54) is 28.7 Å². The van der Waals surface area contributed by atoms with Crippen LogP contribution in [-0.4, -0.2) is 29.3 Å². The van der Waals surface area contributed by atoms with Crippen molar-refractivity contribution in [3.05, 3.63) is 33.4 Å². The van der Waals surface area contributed by atoms with Crippen molar-refractivity contribution in [1.82, 2.24) is 0 Å². The number of benzene rings is 1. The minimum Gasteiger partial charge on any atom is -0.226 e. The van der Waals surface area contributed by atoms with E-state index in [2.05, 4.69) is 0 Å². The van der Waals surface area contributed by atoms with E-state index >= 15 is 0 Å². The first kappa shape index (κ1) is 15.6. The molecule has 4 nitrogen and oxygen atoms in total. The molecule has 0 saturated heterocycles. The molecular formula is C9H10I2O4S2. The Bertz CT molecular complexity index is 603. The van der Waals surface area contributed by atoms with Crippen LogP contribution in [0.3, 0.4) is 0 Å². The molecule has 0 radical (unpaired) electrons. The molecule has 0 aliphatic heterocycles. The Labute approximate surface area is 128 Å². The summed E-state index contributed by atoms with van der Waals surface area (Å²) < 4.78 is 46.1. The number of halogens is 2.